The predicted octanol–water partition coefficient (Wildman–Crippen LogP) is 2.59. The number of benzene rings is 1. The molecule has 18 heavy (non-hydrogen) atoms. The molecule has 3 N–H and O–H groups in total. The summed E-state index contributed by atoms with van der Waals surface area (Å²) in [5, 5.41) is 14.2. The van der Waals surface area contributed by atoms with Gasteiger partial charge in [-0.25, -0.2) is 0 Å². The second-order valence-corrected chi connectivity index (χ2v) is 4.98. The second kappa shape index (κ2) is 5.35. The molecule has 0 saturated heterocycles. The average molecular weight is 249 g/mol. The van der Waals surface area contributed by atoms with E-state index in [1.54, 1.807) is 12.1 Å². The molecule has 0 radical (unpaired) electrons. The largest absolute Gasteiger partial charge is 0.375 e. The summed E-state index contributed by atoms with van der Waals surface area (Å²) in [4.78, 5) is 10.6. The monoisotopic (exact) mass is 249 g/mol. The first-order valence-corrected chi connectivity index (χ1v) is 6.35. The third-order valence-corrected chi connectivity index (χ3v) is 3.51. The van der Waals surface area contributed by atoms with E-state index in [9.17, 15) is 10.1 Å². The quantitative estimate of drug-likeness (QED) is 0.637. The zero-order valence-corrected chi connectivity index (χ0v) is 10.6. The van der Waals surface area contributed by atoms with Crippen LogP contribution in [0, 0.1) is 17.0 Å². The minimum Gasteiger partial charge on any atom is -0.375 e. The van der Waals surface area contributed by atoms with Crippen molar-refractivity contribution in [1.82, 2.24) is 0 Å². The summed E-state index contributed by atoms with van der Waals surface area (Å²) in [6.07, 6.45) is 4.24. The Hall–Kier alpha value is -1.62. The number of nitrogens with one attached hydrogen (secondary N) is 1. The Kier molecular flexibility index (Phi) is 3.81. The third-order valence-electron chi connectivity index (χ3n) is 3.51. The number of anilines is 1. The number of hydrogen-bond acceptors (Lipinski definition) is 4. The van der Waals surface area contributed by atoms with Crippen LogP contribution in [0.3, 0.4) is 0 Å². The van der Waals surface area contributed by atoms with Gasteiger partial charge >= 0.3 is 0 Å². The highest BCUT2D eigenvalue weighted by Crippen LogP contribution is 2.28. The molecule has 2 rings (SSSR count). The highest BCUT2D eigenvalue weighted by Gasteiger charge is 2.24. The van der Waals surface area contributed by atoms with Crippen LogP contribution >= 0.6 is 0 Å². The summed E-state index contributed by atoms with van der Waals surface area (Å²) in [5.74, 6) is 0. The van der Waals surface area contributed by atoms with Gasteiger partial charge in [0.2, 0.25) is 0 Å². The molecule has 0 spiro atoms. The maximum atomic E-state index is 11.0. The second-order valence-electron chi connectivity index (χ2n) is 4.98. The smallest absolute Gasteiger partial charge is 0.292 e. The van der Waals surface area contributed by atoms with Crippen LogP contribution in [0.5, 0.6) is 0 Å². The number of rotatable bonds is 3. The van der Waals surface area contributed by atoms with E-state index in [4.69, 9.17) is 5.73 Å². The number of nitro benzene ring substituents is 1. The molecule has 0 unspecified atom stereocenters. The van der Waals surface area contributed by atoms with Crippen molar-refractivity contribution in [1.29, 1.82) is 0 Å². The Morgan fingerprint density at radius 3 is 2.78 bits per heavy atom. The van der Waals surface area contributed by atoms with Crippen LogP contribution in [0.2, 0.25) is 0 Å². The van der Waals surface area contributed by atoms with Crippen molar-refractivity contribution < 1.29 is 4.92 Å². The molecule has 0 heterocycles. The van der Waals surface area contributed by atoms with Crippen molar-refractivity contribution >= 4 is 11.4 Å². The molecule has 2 atom stereocenters. The lowest BCUT2D eigenvalue weighted by atomic mass is 9.91. The molecule has 1 fully saturated rings. The molecule has 0 bridgehead atoms. The van der Waals surface area contributed by atoms with E-state index in [1.165, 1.54) is 0 Å². The van der Waals surface area contributed by atoms with Gasteiger partial charge in [0.05, 0.1) is 4.92 Å². The first kappa shape index (κ1) is 12.8. The normalized spacial score (nSPS) is 23.7. The van der Waals surface area contributed by atoms with E-state index in [0.717, 1.165) is 31.2 Å². The molecule has 1 saturated carbocycles. The van der Waals surface area contributed by atoms with E-state index in [0.29, 0.717) is 5.69 Å². The van der Waals surface area contributed by atoms with Crippen molar-refractivity contribution in [2.45, 2.75) is 44.7 Å². The Bertz CT molecular complexity index is 448. The van der Waals surface area contributed by atoms with Crippen LogP contribution in [0.15, 0.2) is 18.2 Å². The first-order chi connectivity index (χ1) is 8.58. The van der Waals surface area contributed by atoms with Crippen LogP contribution in [0.4, 0.5) is 11.4 Å². The van der Waals surface area contributed by atoms with Crippen molar-refractivity contribution in [3.63, 3.8) is 0 Å². The van der Waals surface area contributed by atoms with Gasteiger partial charge in [0.1, 0.15) is 5.69 Å². The SMILES string of the molecule is Cc1ccc([N+](=O)[O-])c(N[C@@H]2CCCC[C@H]2N)c1. The molecule has 0 amide bonds. The molecule has 1 aliphatic carbocycles. The van der Waals surface area contributed by atoms with E-state index >= 15 is 0 Å². The average Bonchev–Trinajstić information content (AvgIpc) is 2.32. The minimum atomic E-state index is -0.351. The molecule has 1 aromatic rings. The number of nitro groups is 1. The van der Waals surface area contributed by atoms with Crippen molar-refractivity contribution in [2.24, 2.45) is 5.73 Å². The fraction of sp³-hybridized carbons (Fsp3) is 0.538. The molecule has 1 aromatic carbocycles. The standard InChI is InChI=1S/C13H19N3O2/c1-9-6-7-13(16(17)18)12(8-9)15-11-5-3-2-4-10(11)14/h6-8,10-11,15H,2-5,14H2,1H3/t10-,11-/m1/s1. The van der Waals surface area contributed by atoms with E-state index in [1.807, 2.05) is 13.0 Å². The number of aryl methyl sites for hydroxylation is 1. The summed E-state index contributed by atoms with van der Waals surface area (Å²) >= 11 is 0. The molecular formula is C13H19N3O2. The highest BCUT2D eigenvalue weighted by atomic mass is 16.6. The van der Waals surface area contributed by atoms with Crippen molar-refractivity contribution in [3.05, 3.63) is 33.9 Å². The summed E-state index contributed by atoms with van der Waals surface area (Å²) in [6, 6.07) is 5.34. The van der Waals surface area contributed by atoms with Gasteiger partial charge in [0.25, 0.3) is 5.69 Å². The highest BCUT2D eigenvalue weighted by molar-refractivity contribution is 5.63. The molecule has 5 nitrogen and oxygen atoms in total. The van der Waals surface area contributed by atoms with Gasteiger partial charge in [-0.2, -0.15) is 0 Å². The summed E-state index contributed by atoms with van der Waals surface area (Å²) in [7, 11) is 0. The van der Waals surface area contributed by atoms with E-state index in [2.05, 4.69) is 5.32 Å². The topological polar surface area (TPSA) is 81.2 Å². The Balaban J connectivity index is 2.21. The Labute approximate surface area is 107 Å². The van der Waals surface area contributed by atoms with E-state index < -0.39 is 0 Å². The van der Waals surface area contributed by atoms with Gasteiger partial charge in [-0.05, 0) is 31.4 Å². The number of nitrogens with zero attached hydrogens (tertiary/aromatic N) is 1. The van der Waals surface area contributed by atoms with Gasteiger partial charge in [-0.1, -0.05) is 18.9 Å². The van der Waals surface area contributed by atoms with Crippen LogP contribution in [-0.4, -0.2) is 17.0 Å². The molecule has 1 aliphatic rings. The maximum Gasteiger partial charge on any atom is 0.292 e. The van der Waals surface area contributed by atoms with Gasteiger partial charge in [-0.15, -0.1) is 0 Å². The zero-order valence-electron chi connectivity index (χ0n) is 10.6. The first-order valence-electron chi connectivity index (χ1n) is 6.35. The van der Waals surface area contributed by atoms with Crippen LogP contribution in [0.1, 0.15) is 31.2 Å². The Morgan fingerprint density at radius 1 is 1.39 bits per heavy atom. The molecule has 5 heteroatoms. The summed E-state index contributed by atoms with van der Waals surface area (Å²) < 4.78 is 0. The van der Waals surface area contributed by atoms with Gasteiger partial charge in [0.15, 0.2) is 0 Å². The van der Waals surface area contributed by atoms with Crippen LogP contribution in [0.25, 0.3) is 0 Å². The number of nitrogens with two attached hydrogens (primary N) is 1. The maximum absolute atomic E-state index is 11.0. The van der Waals surface area contributed by atoms with Crippen LogP contribution < -0.4 is 11.1 Å². The van der Waals surface area contributed by atoms with Gasteiger partial charge in [0, 0.05) is 18.2 Å². The Morgan fingerprint density at radius 2 is 2.11 bits per heavy atom. The molecular weight excluding hydrogens is 230 g/mol. The fourth-order valence-corrected chi connectivity index (χ4v) is 2.46. The van der Waals surface area contributed by atoms with Gasteiger partial charge in [-0.3, -0.25) is 10.1 Å². The molecule has 0 aliphatic heterocycles. The molecule has 0 aromatic heterocycles. The van der Waals surface area contributed by atoms with Gasteiger partial charge < -0.3 is 11.1 Å². The summed E-state index contributed by atoms with van der Waals surface area (Å²) in [6.45, 7) is 1.93. The van der Waals surface area contributed by atoms with Crippen molar-refractivity contribution in [2.75, 3.05) is 5.32 Å². The minimum absolute atomic E-state index is 0.0823. The summed E-state index contributed by atoms with van der Waals surface area (Å²) in [5.41, 5.74) is 7.77. The zero-order chi connectivity index (χ0) is 13.1. The lowest BCUT2D eigenvalue weighted by Crippen LogP contribution is -2.42. The lowest BCUT2D eigenvalue weighted by molar-refractivity contribution is -0.384. The fourth-order valence-electron chi connectivity index (χ4n) is 2.46. The lowest BCUT2D eigenvalue weighted by Gasteiger charge is -2.30. The third kappa shape index (κ3) is 2.79. The predicted molar refractivity (Wildman–Crippen MR) is 71.7 cm³/mol. The van der Waals surface area contributed by atoms with Crippen molar-refractivity contribution in [3.8, 4) is 0 Å². The number of hydrogen-bond donors (Lipinski definition) is 2. The van der Waals surface area contributed by atoms with Crippen LogP contribution in [-0.2, 0) is 0 Å². The van der Waals surface area contributed by atoms with E-state index in [-0.39, 0.29) is 22.7 Å². The molecule has 98 valence electrons.